The lowest BCUT2D eigenvalue weighted by Crippen LogP contribution is -2.30. The van der Waals surface area contributed by atoms with Crippen molar-refractivity contribution in [3.63, 3.8) is 0 Å². The zero-order chi connectivity index (χ0) is 13.4. The zero-order valence-corrected chi connectivity index (χ0v) is 11.4. The molecule has 1 aromatic rings. The van der Waals surface area contributed by atoms with Crippen molar-refractivity contribution in [2.24, 2.45) is 5.92 Å². The van der Waals surface area contributed by atoms with E-state index in [-0.39, 0.29) is 5.91 Å². The highest BCUT2D eigenvalue weighted by Crippen LogP contribution is 2.35. The SMILES string of the molecule is CN(CC1CCC1)c1cc2c(cc1N)CCC(=O)N2. The summed E-state index contributed by atoms with van der Waals surface area (Å²) in [6.45, 7) is 1.05. The molecular weight excluding hydrogens is 238 g/mol. The molecule has 3 rings (SSSR count). The van der Waals surface area contributed by atoms with Gasteiger partial charge in [0.05, 0.1) is 11.4 Å². The maximum absolute atomic E-state index is 11.5. The molecule has 1 amide bonds. The number of rotatable bonds is 3. The van der Waals surface area contributed by atoms with Crippen LogP contribution in [-0.4, -0.2) is 19.5 Å². The predicted molar refractivity (Wildman–Crippen MR) is 78.4 cm³/mol. The number of nitrogens with zero attached hydrogens (tertiary/aromatic N) is 1. The van der Waals surface area contributed by atoms with Gasteiger partial charge in [0.25, 0.3) is 0 Å². The second kappa shape index (κ2) is 4.76. The number of nitrogen functional groups attached to an aromatic ring is 1. The fourth-order valence-electron chi connectivity index (χ4n) is 2.93. The summed E-state index contributed by atoms with van der Waals surface area (Å²) in [4.78, 5) is 13.7. The van der Waals surface area contributed by atoms with Crippen molar-refractivity contribution in [3.8, 4) is 0 Å². The molecule has 0 atom stereocenters. The lowest BCUT2D eigenvalue weighted by Gasteiger charge is -2.32. The van der Waals surface area contributed by atoms with E-state index >= 15 is 0 Å². The third-order valence-electron chi connectivity index (χ3n) is 4.32. The summed E-state index contributed by atoms with van der Waals surface area (Å²) in [5, 5.41) is 2.94. The van der Waals surface area contributed by atoms with Gasteiger partial charge in [0.2, 0.25) is 5.91 Å². The Labute approximate surface area is 114 Å². The molecule has 2 aliphatic rings. The van der Waals surface area contributed by atoms with Crippen molar-refractivity contribution >= 4 is 23.0 Å². The number of anilines is 3. The Morgan fingerprint density at radius 3 is 2.84 bits per heavy atom. The van der Waals surface area contributed by atoms with E-state index in [4.69, 9.17) is 5.73 Å². The van der Waals surface area contributed by atoms with Crippen LogP contribution < -0.4 is 16.0 Å². The van der Waals surface area contributed by atoms with Gasteiger partial charge < -0.3 is 16.0 Å². The van der Waals surface area contributed by atoms with Gasteiger partial charge in [0.15, 0.2) is 0 Å². The first-order valence-corrected chi connectivity index (χ1v) is 7.07. The van der Waals surface area contributed by atoms with Gasteiger partial charge in [-0.05, 0) is 42.9 Å². The Bertz CT molecular complexity index is 508. The molecule has 102 valence electrons. The number of nitrogens with two attached hydrogens (primary N) is 1. The van der Waals surface area contributed by atoms with E-state index in [0.717, 1.165) is 41.5 Å². The van der Waals surface area contributed by atoms with Gasteiger partial charge in [-0.2, -0.15) is 0 Å². The highest BCUT2D eigenvalue weighted by atomic mass is 16.1. The van der Waals surface area contributed by atoms with Crippen LogP contribution in [0.25, 0.3) is 0 Å². The van der Waals surface area contributed by atoms with Crippen LogP contribution >= 0.6 is 0 Å². The molecule has 0 radical (unpaired) electrons. The summed E-state index contributed by atoms with van der Waals surface area (Å²) >= 11 is 0. The number of hydrogen-bond donors (Lipinski definition) is 2. The van der Waals surface area contributed by atoms with Crippen LogP contribution in [0.1, 0.15) is 31.2 Å². The zero-order valence-electron chi connectivity index (χ0n) is 11.4. The molecule has 1 aliphatic heterocycles. The van der Waals surface area contributed by atoms with Crippen molar-refractivity contribution in [2.75, 3.05) is 29.5 Å². The van der Waals surface area contributed by atoms with Crippen LogP contribution in [0.3, 0.4) is 0 Å². The van der Waals surface area contributed by atoms with Crippen LogP contribution in [0.4, 0.5) is 17.1 Å². The van der Waals surface area contributed by atoms with E-state index in [1.807, 2.05) is 12.1 Å². The van der Waals surface area contributed by atoms with Crippen molar-refractivity contribution in [1.82, 2.24) is 0 Å². The third-order valence-corrected chi connectivity index (χ3v) is 4.32. The van der Waals surface area contributed by atoms with E-state index < -0.39 is 0 Å². The number of aryl methyl sites for hydroxylation is 1. The van der Waals surface area contributed by atoms with E-state index in [1.54, 1.807) is 0 Å². The molecule has 4 heteroatoms. The molecule has 0 bridgehead atoms. The third kappa shape index (κ3) is 2.39. The minimum absolute atomic E-state index is 0.102. The Morgan fingerprint density at radius 2 is 2.16 bits per heavy atom. The van der Waals surface area contributed by atoms with Gasteiger partial charge in [-0.15, -0.1) is 0 Å². The van der Waals surface area contributed by atoms with Crippen LogP contribution in [0.2, 0.25) is 0 Å². The normalized spacial score (nSPS) is 18.5. The number of nitrogens with one attached hydrogen (secondary N) is 1. The van der Waals surface area contributed by atoms with Gasteiger partial charge >= 0.3 is 0 Å². The summed E-state index contributed by atoms with van der Waals surface area (Å²) in [6.07, 6.45) is 5.35. The summed E-state index contributed by atoms with van der Waals surface area (Å²) in [6, 6.07) is 4.04. The molecule has 0 saturated heterocycles. The molecule has 0 unspecified atom stereocenters. The number of amides is 1. The number of carbonyl (C=O) groups excluding carboxylic acids is 1. The Balaban J connectivity index is 1.84. The van der Waals surface area contributed by atoms with Crippen molar-refractivity contribution in [2.45, 2.75) is 32.1 Å². The highest BCUT2D eigenvalue weighted by molar-refractivity contribution is 5.95. The van der Waals surface area contributed by atoms with E-state index in [1.165, 1.54) is 19.3 Å². The summed E-state index contributed by atoms with van der Waals surface area (Å²) in [5.74, 6) is 0.903. The van der Waals surface area contributed by atoms with E-state index in [2.05, 4.69) is 17.3 Å². The summed E-state index contributed by atoms with van der Waals surface area (Å²) in [7, 11) is 2.08. The molecule has 0 aromatic heterocycles. The van der Waals surface area contributed by atoms with E-state index in [0.29, 0.717) is 6.42 Å². The predicted octanol–water partition coefficient (Wildman–Crippen LogP) is 2.39. The number of hydrogen-bond acceptors (Lipinski definition) is 3. The average Bonchev–Trinajstić information content (AvgIpc) is 2.33. The molecular formula is C15H21N3O. The lowest BCUT2D eigenvalue weighted by atomic mass is 9.85. The molecule has 1 fully saturated rings. The molecule has 1 heterocycles. The second-order valence-corrected chi connectivity index (χ2v) is 5.79. The monoisotopic (exact) mass is 259 g/mol. The highest BCUT2D eigenvalue weighted by Gasteiger charge is 2.22. The summed E-state index contributed by atoms with van der Waals surface area (Å²) in [5.41, 5.74) is 10.1. The maximum atomic E-state index is 11.5. The Morgan fingerprint density at radius 1 is 1.37 bits per heavy atom. The van der Waals surface area contributed by atoms with Crippen molar-refractivity contribution in [3.05, 3.63) is 17.7 Å². The van der Waals surface area contributed by atoms with Crippen LogP contribution in [0.5, 0.6) is 0 Å². The smallest absolute Gasteiger partial charge is 0.224 e. The molecule has 19 heavy (non-hydrogen) atoms. The minimum Gasteiger partial charge on any atom is -0.397 e. The first-order valence-electron chi connectivity index (χ1n) is 7.07. The van der Waals surface area contributed by atoms with Gasteiger partial charge in [-0.3, -0.25) is 4.79 Å². The maximum Gasteiger partial charge on any atom is 0.224 e. The molecule has 4 nitrogen and oxygen atoms in total. The number of carbonyl (C=O) groups is 1. The Hall–Kier alpha value is -1.71. The summed E-state index contributed by atoms with van der Waals surface area (Å²) < 4.78 is 0. The fourth-order valence-corrected chi connectivity index (χ4v) is 2.93. The van der Waals surface area contributed by atoms with Gasteiger partial charge in [-0.1, -0.05) is 6.42 Å². The first-order chi connectivity index (χ1) is 9.13. The molecule has 0 spiro atoms. The van der Waals surface area contributed by atoms with E-state index in [9.17, 15) is 4.79 Å². The number of fused-ring (bicyclic) bond motifs is 1. The van der Waals surface area contributed by atoms with Crippen molar-refractivity contribution < 1.29 is 4.79 Å². The first kappa shape index (κ1) is 12.3. The Kier molecular flexibility index (Phi) is 3.09. The second-order valence-electron chi connectivity index (χ2n) is 5.79. The molecule has 1 aliphatic carbocycles. The molecule has 1 aromatic carbocycles. The van der Waals surface area contributed by atoms with Crippen LogP contribution in [0, 0.1) is 5.92 Å². The lowest BCUT2D eigenvalue weighted by molar-refractivity contribution is -0.116. The number of benzene rings is 1. The van der Waals surface area contributed by atoms with Crippen LogP contribution in [-0.2, 0) is 11.2 Å². The molecule has 3 N–H and O–H groups in total. The quantitative estimate of drug-likeness (QED) is 0.819. The minimum atomic E-state index is 0.102. The van der Waals surface area contributed by atoms with Gasteiger partial charge in [-0.25, -0.2) is 0 Å². The average molecular weight is 259 g/mol. The largest absolute Gasteiger partial charge is 0.397 e. The fraction of sp³-hybridized carbons (Fsp3) is 0.533. The van der Waals surface area contributed by atoms with Gasteiger partial charge in [0.1, 0.15) is 0 Å². The standard InChI is InChI=1S/C15H21N3O/c1-18(9-10-3-2-4-10)14-8-13-11(7-12(14)16)5-6-15(19)17-13/h7-8,10H,2-6,9,16H2,1H3,(H,17,19). The molecule has 1 saturated carbocycles. The topological polar surface area (TPSA) is 58.4 Å². The van der Waals surface area contributed by atoms with Crippen molar-refractivity contribution in [1.29, 1.82) is 0 Å². The van der Waals surface area contributed by atoms with Gasteiger partial charge in [0, 0.05) is 25.7 Å². The van der Waals surface area contributed by atoms with Crippen LogP contribution in [0.15, 0.2) is 12.1 Å².